The van der Waals surface area contributed by atoms with Crippen LogP contribution in [0.1, 0.15) is 34.9 Å². The van der Waals surface area contributed by atoms with Crippen LogP contribution in [0.4, 0.5) is 0 Å². The number of benzene rings is 3. The van der Waals surface area contributed by atoms with Crippen molar-refractivity contribution in [3.8, 4) is 11.5 Å². The second kappa shape index (κ2) is 14.4. The van der Waals surface area contributed by atoms with E-state index in [0.717, 1.165) is 16.7 Å². The van der Waals surface area contributed by atoms with Gasteiger partial charge in [-0.1, -0.05) is 54.6 Å². The van der Waals surface area contributed by atoms with Crippen molar-refractivity contribution in [3.05, 3.63) is 128 Å². The smallest absolute Gasteiger partial charge is 0.330 e. The molecule has 1 aromatic heterocycles. The van der Waals surface area contributed by atoms with Crippen LogP contribution < -0.4 is 20.7 Å². The van der Waals surface area contributed by atoms with Crippen molar-refractivity contribution in [2.24, 2.45) is 0 Å². The van der Waals surface area contributed by atoms with Crippen LogP contribution in [-0.4, -0.2) is 56.8 Å². The highest BCUT2D eigenvalue weighted by molar-refractivity contribution is 8.07. The average Bonchev–Trinajstić information content (AvgIpc) is 3.49. The highest BCUT2D eigenvalue weighted by atomic mass is 32.5. The molecule has 0 spiro atoms. The van der Waals surface area contributed by atoms with Gasteiger partial charge in [-0.2, -0.15) is 0 Å². The maximum absolute atomic E-state index is 12.8. The predicted molar refractivity (Wildman–Crippen MR) is 176 cm³/mol. The molecule has 2 heterocycles. The molecule has 0 saturated carbocycles. The molecule has 11 nitrogen and oxygen atoms in total. The molecule has 5 rings (SSSR count). The summed E-state index contributed by atoms with van der Waals surface area (Å²) in [5.41, 5.74) is 0.706. The van der Waals surface area contributed by atoms with Crippen molar-refractivity contribution in [1.82, 2.24) is 9.55 Å². The standard InChI is InChI=1S/C33H37N2O9PS/c1-22-20-35(32(37)34-31(22)36)30-19-28(44-45(46,40-4)41-5)29(43-30)21-42-33(23-9-7-6-8-10-23,24-11-15-26(38-2)16-12-24)25-13-17-27(39-3)18-14-25/h6-18,20,28-30H,19,21H2,1-5H3,(H,34,36,37)/t28-,29+,30+/m0/s1. The molecular weight excluding hydrogens is 631 g/mol. The SMILES string of the molecule is COc1ccc(C(OC[C@H]2O[C@@H](n3cc(C)c(=O)[nH]c3=O)C[C@@H]2OP(=S)(OC)OC)(c2ccccc2)c2ccc(OC)cc2)cc1. The minimum absolute atomic E-state index is 0.00790. The maximum atomic E-state index is 12.8. The van der Waals surface area contributed by atoms with Crippen molar-refractivity contribution in [3.63, 3.8) is 0 Å². The summed E-state index contributed by atoms with van der Waals surface area (Å²) in [5, 5.41) is 0. The van der Waals surface area contributed by atoms with Crippen molar-refractivity contribution in [1.29, 1.82) is 0 Å². The Balaban J connectivity index is 1.60. The van der Waals surface area contributed by atoms with Gasteiger partial charge in [0.25, 0.3) is 5.56 Å². The molecule has 0 aliphatic carbocycles. The highest BCUT2D eigenvalue weighted by Gasteiger charge is 2.44. The molecule has 13 heteroatoms. The summed E-state index contributed by atoms with van der Waals surface area (Å²) in [6.45, 7) is -1.52. The monoisotopic (exact) mass is 668 g/mol. The van der Waals surface area contributed by atoms with Crippen LogP contribution in [0.3, 0.4) is 0 Å². The Morgan fingerprint density at radius 1 is 0.870 bits per heavy atom. The molecule has 4 aromatic rings. The van der Waals surface area contributed by atoms with Gasteiger partial charge in [-0.05, 0) is 59.7 Å². The van der Waals surface area contributed by atoms with Crippen LogP contribution in [0.25, 0.3) is 0 Å². The van der Waals surface area contributed by atoms with Gasteiger partial charge in [0.2, 0.25) is 0 Å². The van der Waals surface area contributed by atoms with Crippen molar-refractivity contribution in [2.45, 2.75) is 37.4 Å². The van der Waals surface area contributed by atoms with Crippen LogP contribution in [-0.2, 0) is 40.5 Å². The molecule has 0 radical (unpaired) electrons. The first kappa shape index (κ1) is 33.7. The molecule has 0 unspecified atom stereocenters. The average molecular weight is 669 g/mol. The third-order valence-electron chi connectivity index (χ3n) is 7.99. The normalized spacial score (nSPS) is 18.4. The fourth-order valence-corrected chi connectivity index (χ4v) is 6.75. The van der Waals surface area contributed by atoms with Gasteiger partial charge in [0.05, 0.1) is 26.9 Å². The maximum Gasteiger partial charge on any atom is 0.330 e. The fraction of sp³-hybridized carbons (Fsp3) is 0.333. The van der Waals surface area contributed by atoms with E-state index in [9.17, 15) is 9.59 Å². The largest absolute Gasteiger partial charge is 0.497 e. The number of ether oxygens (including phenoxy) is 4. The molecule has 3 atom stereocenters. The highest BCUT2D eigenvalue weighted by Crippen LogP contribution is 2.52. The molecule has 46 heavy (non-hydrogen) atoms. The molecule has 1 fully saturated rings. The minimum atomic E-state index is -3.15. The zero-order chi connectivity index (χ0) is 32.9. The van der Waals surface area contributed by atoms with Gasteiger partial charge in [0.15, 0.2) is 0 Å². The van der Waals surface area contributed by atoms with E-state index in [0.29, 0.717) is 17.1 Å². The number of aromatic nitrogens is 2. The van der Waals surface area contributed by atoms with Gasteiger partial charge >= 0.3 is 12.4 Å². The topological polar surface area (TPSA) is 119 Å². The summed E-state index contributed by atoms with van der Waals surface area (Å²) in [5.74, 6) is 1.39. The Bertz CT molecular complexity index is 1720. The summed E-state index contributed by atoms with van der Waals surface area (Å²) < 4.78 is 42.9. The number of aromatic amines is 1. The zero-order valence-corrected chi connectivity index (χ0v) is 27.9. The Labute approximate surface area is 272 Å². The first-order valence-corrected chi connectivity index (χ1v) is 17.1. The Hall–Kier alpha value is -3.61. The number of hydrogen-bond donors (Lipinski definition) is 1. The van der Waals surface area contributed by atoms with E-state index in [1.807, 2.05) is 78.9 Å². The molecule has 1 saturated heterocycles. The molecule has 244 valence electrons. The number of nitrogens with zero attached hydrogens (tertiary/aromatic N) is 1. The van der Waals surface area contributed by atoms with E-state index in [4.69, 9.17) is 44.3 Å². The summed E-state index contributed by atoms with van der Waals surface area (Å²) in [6.07, 6.45) is -0.510. The first-order valence-electron chi connectivity index (χ1n) is 14.5. The van der Waals surface area contributed by atoms with E-state index in [-0.39, 0.29) is 13.0 Å². The predicted octanol–water partition coefficient (Wildman–Crippen LogP) is 5.06. The Morgan fingerprint density at radius 2 is 1.41 bits per heavy atom. The van der Waals surface area contributed by atoms with Crippen molar-refractivity contribution >= 4 is 18.5 Å². The third-order valence-corrected chi connectivity index (χ3v) is 10.6. The molecule has 0 bridgehead atoms. The van der Waals surface area contributed by atoms with Crippen LogP contribution in [0.15, 0.2) is 94.6 Å². The lowest BCUT2D eigenvalue weighted by atomic mass is 9.80. The van der Waals surface area contributed by atoms with Gasteiger partial charge in [-0.25, -0.2) is 4.79 Å². The number of aryl methyl sites for hydroxylation is 1. The lowest BCUT2D eigenvalue weighted by molar-refractivity contribution is -0.0928. The fourth-order valence-electron chi connectivity index (χ4n) is 5.54. The molecular formula is C33H37N2O9PS. The zero-order valence-electron chi connectivity index (χ0n) is 26.2. The minimum Gasteiger partial charge on any atom is -0.497 e. The lowest BCUT2D eigenvalue weighted by Crippen LogP contribution is -2.38. The van der Waals surface area contributed by atoms with Crippen molar-refractivity contribution < 1.29 is 32.5 Å². The van der Waals surface area contributed by atoms with Crippen LogP contribution in [0.5, 0.6) is 11.5 Å². The third kappa shape index (κ3) is 6.89. The van der Waals surface area contributed by atoms with E-state index in [2.05, 4.69) is 4.98 Å². The molecule has 3 aromatic carbocycles. The quantitative estimate of drug-likeness (QED) is 0.153. The number of methoxy groups -OCH3 is 2. The van der Waals surface area contributed by atoms with Gasteiger partial charge in [-0.15, -0.1) is 0 Å². The van der Waals surface area contributed by atoms with Crippen LogP contribution >= 0.6 is 6.72 Å². The summed E-state index contributed by atoms with van der Waals surface area (Å²) in [4.78, 5) is 27.3. The van der Waals surface area contributed by atoms with Crippen LogP contribution in [0, 0.1) is 6.92 Å². The second-order valence-electron chi connectivity index (χ2n) is 10.6. The molecule has 1 aliphatic heterocycles. The summed E-state index contributed by atoms with van der Waals surface area (Å²) in [6, 6.07) is 25.2. The number of H-pyrrole nitrogens is 1. The van der Waals surface area contributed by atoms with E-state index < -0.39 is 42.0 Å². The van der Waals surface area contributed by atoms with E-state index >= 15 is 0 Å². The van der Waals surface area contributed by atoms with Gasteiger partial charge < -0.3 is 32.5 Å². The number of nitrogens with one attached hydrogen (secondary N) is 1. The van der Waals surface area contributed by atoms with Gasteiger partial charge in [-0.3, -0.25) is 14.3 Å². The second-order valence-corrected chi connectivity index (χ2v) is 13.8. The van der Waals surface area contributed by atoms with E-state index in [1.165, 1.54) is 25.0 Å². The molecule has 1 aliphatic rings. The lowest BCUT2D eigenvalue weighted by Gasteiger charge is -2.37. The van der Waals surface area contributed by atoms with Crippen molar-refractivity contribution in [2.75, 3.05) is 35.0 Å². The Morgan fingerprint density at radius 3 is 1.93 bits per heavy atom. The number of hydrogen-bond acceptors (Lipinski definition) is 10. The van der Waals surface area contributed by atoms with Gasteiger partial charge in [0.1, 0.15) is 29.4 Å². The first-order chi connectivity index (χ1) is 22.2. The van der Waals surface area contributed by atoms with Crippen LogP contribution in [0.2, 0.25) is 0 Å². The molecule has 0 amide bonds. The number of rotatable bonds is 13. The summed E-state index contributed by atoms with van der Waals surface area (Å²) >= 11 is 5.56. The van der Waals surface area contributed by atoms with E-state index in [1.54, 1.807) is 21.1 Å². The van der Waals surface area contributed by atoms with Gasteiger partial charge in [0, 0.05) is 32.4 Å². The summed E-state index contributed by atoms with van der Waals surface area (Å²) in [7, 11) is 6.08. The Kier molecular flexibility index (Phi) is 10.6. The molecule has 1 N–H and O–H groups in total.